The van der Waals surface area contributed by atoms with Crippen LogP contribution in [0.4, 0.5) is 0 Å². The van der Waals surface area contributed by atoms with Gasteiger partial charge in [-0.15, -0.1) is 11.3 Å². The van der Waals surface area contributed by atoms with Gasteiger partial charge in [-0.05, 0) is 57.6 Å². The van der Waals surface area contributed by atoms with E-state index < -0.39 is 18.1 Å². The second kappa shape index (κ2) is 12.9. The molecule has 12 rings (SSSR count). The highest BCUT2D eigenvalue weighted by atomic mass is 32.1. The number of fused-ring (bicyclic) bond motifs is 10. The maximum absolute atomic E-state index is 8.96. The largest absolute Gasteiger partial charge is 0.309 e. The predicted octanol–water partition coefficient (Wildman–Crippen LogP) is 14.3. The number of para-hydroxylation sites is 1. The summed E-state index contributed by atoms with van der Waals surface area (Å²) in [6, 6.07) is 50.6. The van der Waals surface area contributed by atoms with Gasteiger partial charge in [0.2, 0.25) is 0 Å². The second-order valence-electron chi connectivity index (χ2n) is 15.6. The van der Waals surface area contributed by atoms with Gasteiger partial charge in [-0.2, -0.15) is 0 Å². The third kappa shape index (κ3) is 5.11. The van der Waals surface area contributed by atoms with E-state index in [-0.39, 0.29) is 28.9 Å². The fraction of sp³-hybridized carbons (Fsp3) is 0.0556. The van der Waals surface area contributed by atoms with Gasteiger partial charge in [0.1, 0.15) is 0 Å². The van der Waals surface area contributed by atoms with Gasteiger partial charge in [0.25, 0.3) is 0 Å². The molecule has 0 radical (unpaired) electrons. The van der Waals surface area contributed by atoms with Crippen LogP contribution in [0.1, 0.15) is 31.8 Å². The van der Waals surface area contributed by atoms with Crippen molar-refractivity contribution in [2.45, 2.75) is 19.3 Å². The van der Waals surface area contributed by atoms with Crippen molar-refractivity contribution in [2.24, 2.45) is 0 Å². The number of aromatic nitrogens is 4. The molecule has 3 heterocycles. The van der Waals surface area contributed by atoms with Crippen molar-refractivity contribution in [2.75, 3.05) is 0 Å². The summed E-state index contributed by atoms with van der Waals surface area (Å²) >= 11 is 1.67. The van der Waals surface area contributed by atoms with E-state index in [2.05, 4.69) is 134 Å². The zero-order chi connectivity index (χ0) is 43.6. The molecule has 1 aliphatic rings. The SMILES string of the molecule is [2H]c1c([2H])c([2H])c(-c2nc(-c3ccccc3)nc(-c3cc(-n4c5ccccc5c5c6c(ccc54)C(C)(C)c4ccccc4-6)cc4c3sc3c(-c5ccccc5)cccc34)n2)c([2H])c1[2H]. The maximum atomic E-state index is 8.96. The number of nitrogens with zero attached hydrogens (tertiary/aromatic N) is 4. The first-order valence-corrected chi connectivity index (χ1v) is 20.5. The van der Waals surface area contributed by atoms with Crippen LogP contribution in [0, 0.1) is 0 Å². The van der Waals surface area contributed by atoms with Gasteiger partial charge in [0.15, 0.2) is 17.5 Å². The van der Waals surface area contributed by atoms with Crippen LogP contribution in [-0.4, -0.2) is 19.5 Å². The average Bonchev–Trinajstić information content (AvgIpc) is 3.96. The topological polar surface area (TPSA) is 43.6 Å². The van der Waals surface area contributed by atoms with Crippen LogP contribution in [-0.2, 0) is 5.41 Å². The third-order valence-electron chi connectivity index (χ3n) is 11.9. The molecule has 0 saturated heterocycles. The minimum atomic E-state index is -0.478. The Hall–Kier alpha value is -7.21. The van der Waals surface area contributed by atoms with Crippen LogP contribution in [0.3, 0.4) is 0 Å². The monoisotopic (exact) mass is 777 g/mol. The summed E-state index contributed by atoms with van der Waals surface area (Å²) in [6.45, 7) is 4.62. The quantitative estimate of drug-likeness (QED) is 0.175. The summed E-state index contributed by atoms with van der Waals surface area (Å²) in [5, 5.41) is 4.46. The fourth-order valence-electron chi connectivity index (χ4n) is 9.24. The Kier molecular flexibility index (Phi) is 6.36. The van der Waals surface area contributed by atoms with Crippen LogP contribution in [0.2, 0.25) is 0 Å². The number of benzene rings is 8. The number of thiophene rings is 1. The molecule has 8 aromatic carbocycles. The molecule has 0 bridgehead atoms. The molecule has 0 amide bonds. The molecule has 59 heavy (non-hydrogen) atoms. The minimum absolute atomic E-state index is 0.000742. The first-order valence-electron chi connectivity index (χ1n) is 22.2. The predicted molar refractivity (Wildman–Crippen MR) is 246 cm³/mol. The van der Waals surface area contributed by atoms with E-state index in [1.165, 1.54) is 27.6 Å². The fourth-order valence-corrected chi connectivity index (χ4v) is 10.6. The van der Waals surface area contributed by atoms with Gasteiger partial charge in [0, 0.05) is 58.7 Å². The van der Waals surface area contributed by atoms with Crippen molar-refractivity contribution in [3.05, 3.63) is 193 Å². The molecule has 0 aliphatic heterocycles. The van der Waals surface area contributed by atoms with E-state index in [0.29, 0.717) is 17.2 Å². The van der Waals surface area contributed by atoms with Crippen molar-refractivity contribution in [1.29, 1.82) is 0 Å². The molecule has 0 unspecified atom stereocenters. The third-order valence-corrected chi connectivity index (χ3v) is 13.2. The van der Waals surface area contributed by atoms with E-state index in [1.54, 1.807) is 11.3 Å². The Morgan fingerprint density at radius 1 is 0.492 bits per heavy atom. The van der Waals surface area contributed by atoms with Crippen molar-refractivity contribution in [1.82, 2.24) is 19.5 Å². The lowest BCUT2D eigenvalue weighted by Crippen LogP contribution is -2.14. The van der Waals surface area contributed by atoms with E-state index in [1.807, 2.05) is 36.4 Å². The molecule has 0 N–H and O–H groups in total. The lowest BCUT2D eigenvalue weighted by Gasteiger charge is -2.21. The Bertz CT molecular complexity index is 3740. The molecule has 11 aromatic rings. The molecule has 278 valence electrons. The molecule has 0 spiro atoms. The summed E-state index contributed by atoms with van der Waals surface area (Å²) < 4.78 is 47.8. The summed E-state index contributed by atoms with van der Waals surface area (Å²) in [6.07, 6.45) is 0. The van der Waals surface area contributed by atoms with Crippen molar-refractivity contribution in [3.63, 3.8) is 0 Å². The minimum Gasteiger partial charge on any atom is -0.309 e. The standard InChI is InChI=1S/C54H36N4S/c1-54(2)43-27-14-12-23-39(43)47-44(54)29-30-46-48(47)40-24-13-15-28-45(40)58(46)36-31-41-38-26-16-25-37(33-17-6-3-7-18-33)49(38)59-50(41)42(32-36)53-56-51(34-19-8-4-9-20-34)55-52(57-53)35-21-10-5-11-22-35/h3-32H,1-2H3/i4D,8D,9D,19D,20D. The molecule has 0 fully saturated rings. The summed E-state index contributed by atoms with van der Waals surface area (Å²) in [5.74, 6) is 0.651. The molecule has 0 saturated carbocycles. The normalized spacial score (nSPS) is 14.2. The molecule has 5 heteroatoms. The second-order valence-corrected chi connectivity index (χ2v) is 16.6. The van der Waals surface area contributed by atoms with Gasteiger partial charge in [-0.25, -0.2) is 15.0 Å². The lowest BCUT2D eigenvalue weighted by molar-refractivity contribution is 0.661. The van der Waals surface area contributed by atoms with E-state index in [9.17, 15) is 0 Å². The number of hydrogen-bond acceptors (Lipinski definition) is 4. The van der Waals surface area contributed by atoms with E-state index in [4.69, 9.17) is 21.8 Å². The Morgan fingerprint density at radius 2 is 1.14 bits per heavy atom. The first-order chi connectivity index (χ1) is 31.1. The first kappa shape index (κ1) is 29.1. The Labute approximate surface area is 352 Å². The van der Waals surface area contributed by atoms with Gasteiger partial charge in [-0.3, -0.25) is 0 Å². The van der Waals surface area contributed by atoms with E-state index >= 15 is 0 Å². The molecule has 1 aliphatic carbocycles. The highest BCUT2D eigenvalue weighted by Crippen LogP contribution is 2.53. The zero-order valence-corrected chi connectivity index (χ0v) is 32.9. The van der Waals surface area contributed by atoms with Gasteiger partial charge < -0.3 is 4.57 Å². The lowest BCUT2D eigenvalue weighted by atomic mass is 9.82. The highest BCUT2D eigenvalue weighted by molar-refractivity contribution is 7.26. The number of hydrogen-bond donors (Lipinski definition) is 0. The maximum Gasteiger partial charge on any atom is 0.165 e. The van der Waals surface area contributed by atoms with Crippen LogP contribution in [0.5, 0.6) is 0 Å². The molecule has 4 nitrogen and oxygen atoms in total. The molecular formula is C54H36N4S. The summed E-state index contributed by atoms with van der Waals surface area (Å²) in [7, 11) is 0. The van der Waals surface area contributed by atoms with Crippen LogP contribution in [0.25, 0.3) is 104 Å². The van der Waals surface area contributed by atoms with Crippen molar-refractivity contribution < 1.29 is 6.85 Å². The van der Waals surface area contributed by atoms with E-state index in [0.717, 1.165) is 59.0 Å². The molecule has 3 aromatic heterocycles. The van der Waals surface area contributed by atoms with Crippen LogP contribution in [0.15, 0.2) is 182 Å². The van der Waals surface area contributed by atoms with Gasteiger partial charge in [-0.1, -0.05) is 171 Å². The van der Waals surface area contributed by atoms with Crippen molar-refractivity contribution >= 4 is 53.3 Å². The molecular weight excluding hydrogens is 737 g/mol. The number of rotatable bonds is 5. The molecule has 0 atom stereocenters. The Balaban J connectivity index is 1.21. The Morgan fingerprint density at radius 3 is 1.95 bits per heavy atom. The highest BCUT2D eigenvalue weighted by Gasteiger charge is 2.37. The zero-order valence-electron chi connectivity index (χ0n) is 37.1. The van der Waals surface area contributed by atoms with Crippen molar-refractivity contribution in [3.8, 4) is 62.1 Å². The smallest absolute Gasteiger partial charge is 0.165 e. The van der Waals surface area contributed by atoms with Gasteiger partial charge in [0.05, 0.1) is 17.9 Å². The van der Waals surface area contributed by atoms with Crippen LogP contribution < -0.4 is 0 Å². The average molecular weight is 778 g/mol. The van der Waals surface area contributed by atoms with Crippen LogP contribution >= 0.6 is 11.3 Å². The van der Waals surface area contributed by atoms with Gasteiger partial charge >= 0.3 is 0 Å². The summed E-state index contributed by atoms with van der Waals surface area (Å²) in [5.41, 5.74) is 11.6. The summed E-state index contributed by atoms with van der Waals surface area (Å²) in [4.78, 5) is 15.1.